The molecular formula is C12H10F3N3OS. The maximum absolute atomic E-state index is 12.5. The van der Waals surface area contributed by atoms with Crippen LogP contribution in [0.15, 0.2) is 24.3 Å². The lowest BCUT2D eigenvalue weighted by atomic mass is 9.96. The monoisotopic (exact) mass is 301 g/mol. The van der Waals surface area contributed by atoms with E-state index in [1.54, 1.807) is 25.1 Å². The van der Waals surface area contributed by atoms with Gasteiger partial charge in [-0.15, -0.1) is 10.2 Å². The van der Waals surface area contributed by atoms with Gasteiger partial charge in [0.1, 0.15) is 5.01 Å². The van der Waals surface area contributed by atoms with Crippen molar-refractivity contribution < 1.29 is 18.0 Å². The molecule has 106 valence electrons. The average molecular weight is 301 g/mol. The SMILES string of the molecule is CC(c1nnc(C(F)(F)F)s1)c1ccccc1C(N)=O. The topological polar surface area (TPSA) is 68.9 Å². The van der Waals surface area contributed by atoms with E-state index < -0.39 is 23.0 Å². The van der Waals surface area contributed by atoms with Gasteiger partial charge in [0.05, 0.1) is 0 Å². The van der Waals surface area contributed by atoms with E-state index in [0.717, 1.165) is 0 Å². The molecule has 1 unspecified atom stereocenters. The first-order valence-electron chi connectivity index (χ1n) is 5.60. The second-order valence-electron chi connectivity index (χ2n) is 4.12. The number of amides is 1. The fraction of sp³-hybridized carbons (Fsp3) is 0.250. The van der Waals surface area contributed by atoms with Gasteiger partial charge in [-0.1, -0.05) is 36.5 Å². The number of primary amides is 1. The third kappa shape index (κ3) is 2.79. The highest BCUT2D eigenvalue weighted by atomic mass is 32.1. The molecule has 1 aromatic heterocycles. The van der Waals surface area contributed by atoms with Gasteiger partial charge in [-0.05, 0) is 11.6 Å². The summed E-state index contributed by atoms with van der Waals surface area (Å²) in [7, 11) is 0. The summed E-state index contributed by atoms with van der Waals surface area (Å²) < 4.78 is 37.5. The highest BCUT2D eigenvalue weighted by molar-refractivity contribution is 7.11. The quantitative estimate of drug-likeness (QED) is 0.947. The number of aromatic nitrogens is 2. The molecule has 2 aromatic rings. The second kappa shape index (κ2) is 5.20. The molecule has 8 heteroatoms. The van der Waals surface area contributed by atoms with Crippen molar-refractivity contribution in [2.75, 3.05) is 0 Å². The zero-order valence-electron chi connectivity index (χ0n) is 10.3. The maximum atomic E-state index is 12.5. The third-order valence-electron chi connectivity index (χ3n) is 2.75. The molecule has 4 nitrogen and oxygen atoms in total. The van der Waals surface area contributed by atoms with Gasteiger partial charge in [-0.2, -0.15) is 13.2 Å². The Morgan fingerprint density at radius 1 is 1.30 bits per heavy atom. The van der Waals surface area contributed by atoms with E-state index in [1.807, 2.05) is 0 Å². The molecule has 0 saturated heterocycles. The molecule has 1 amide bonds. The third-order valence-corrected chi connectivity index (χ3v) is 3.90. The standard InChI is InChI=1S/C12H10F3N3OS/c1-6(7-4-2-3-5-8(7)9(16)19)10-17-18-11(20-10)12(13,14)15/h2-6H,1H3,(H2,16,19). The molecule has 0 fully saturated rings. The van der Waals surface area contributed by atoms with Gasteiger partial charge >= 0.3 is 6.18 Å². The van der Waals surface area contributed by atoms with Crippen LogP contribution < -0.4 is 5.73 Å². The van der Waals surface area contributed by atoms with Crippen LogP contribution in [0.4, 0.5) is 13.2 Å². The number of hydrogen-bond acceptors (Lipinski definition) is 4. The Bertz CT molecular complexity index is 639. The van der Waals surface area contributed by atoms with Crippen molar-refractivity contribution in [3.8, 4) is 0 Å². The first kappa shape index (κ1) is 14.4. The lowest BCUT2D eigenvalue weighted by Gasteiger charge is -2.11. The summed E-state index contributed by atoms with van der Waals surface area (Å²) in [6.45, 7) is 1.66. The summed E-state index contributed by atoms with van der Waals surface area (Å²) >= 11 is 0.464. The summed E-state index contributed by atoms with van der Waals surface area (Å²) in [6, 6.07) is 6.49. The molecule has 1 heterocycles. The van der Waals surface area contributed by atoms with Crippen LogP contribution in [0.5, 0.6) is 0 Å². The number of carbonyl (C=O) groups excluding carboxylic acids is 1. The number of nitrogens with two attached hydrogens (primary N) is 1. The first-order chi connectivity index (χ1) is 9.30. The Morgan fingerprint density at radius 2 is 1.95 bits per heavy atom. The fourth-order valence-electron chi connectivity index (χ4n) is 1.76. The van der Waals surface area contributed by atoms with Gasteiger partial charge in [0, 0.05) is 11.5 Å². The lowest BCUT2D eigenvalue weighted by Crippen LogP contribution is -2.15. The Labute approximate surface area is 116 Å². The smallest absolute Gasteiger partial charge is 0.366 e. The van der Waals surface area contributed by atoms with E-state index >= 15 is 0 Å². The van der Waals surface area contributed by atoms with Gasteiger partial charge < -0.3 is 5.73 Å². The van der Waals surface area contributed by atoms with Crippen molar-refractivity contribution in [1.82, 2.24) is 10.2 Å². The normalized spacial score (nSPS) is 13.2. The summed E-state index contributed by atoms with van der Waals surface area (Å²) in [4.78, 5) is 11.3. The van der Waals surface area contributed by atoms with Gasteiger partial charge in [-0.3, -0.25) is 4.79 Å². The molecule has 0 aliphatic heterocycles. The molecule has 0 saturated carbocycles. The molecule has 0 spiro atoms. The van der Waals surface area contributed by atoms with Crippen molar-refractivity contribution in [2.24, 2.45) is 5.73 Å². The minimum absolute atomic E-state index is 0.186. The van der Waals surface area contributed by atoms with Crippen LogP contribution in [0.2, 0.25) is 0 Å². The summed E-state index contributed by atoms with van der Waals surface area (Å²) in [6.07, 6.45) is -4.52. The van der Waals surface area contributed by atoms with Crippen molar-refractivity contribution >= 4 is 17.2 Å². The number of carbonyl (C=O) groups is 1. The predicted molar refractivity (Wildman–Crippen MR) is 67.4 cm³/mol. The largest absolute Gasteiger partial charge is 0.445 e. The molecule has 0 aliphatic carbocycles. The van der Waals surface area contributed by atoms with Crippen molar-refractivity contribution in [1.29, 1.82) is 0 Å². The van der Waals surface area contributed by atoms with E-state index in [1.165, 1.54) is 6.07 Å². The molecule has 2 rings (SSSR count). The fourth-order valence-corrected chi connectivity index (χ4v) is 2.54. The summed E-state index contributed by atoms with van der Waals surface area (Å²) in [5, 5.41) is 5.87. The maximum Gasteiger partial charge on any atom is 0.445 e. The zero-order chi connectivity index (χ0) is 14.9. The first-order valence-corrected chi connectivity index (χ1v) is 6.41. The molecule has 0 aliphatic rings. The van der Waals surface area contributed by atoms with Gasteiger partial charge in [-0.25, -0.2) is 0 Å². The Hall–Kier alpha value is -1.96. The second-order valence-corrected chi connectivity index (χ2v) is 5.13. The molecule has 0 bridgehead atoms. The molecular weight excluding hydrogens is 291 g/mol. The van der Waals surface area contributed by atoms with E-state index in [2.05, 4.69) is 10.2 Å². The Kier molecular flexibility index (Phi) is 3.76. The minimum atomic E-state index is -4.52. The van der Waals surface area contributed by atoms with Crippen LogP contribution in [0.25, 0.3) is 0 Å². The molecule has 2 N–H and O–H groups in total. The van der Waals surface area contributed by atoms with E-state index in [0.29, 0.717) is 16.9 Å². The number of nitrogens with zero attached hydrogens (tertiary/aromatic N) is 2. The van der Waals surface area contributed by atoms with Crippen molar-refractivity contribution in [3.63, 3.8) is 0 Å². The van der Waals surface area contributed by atoms with Crippen LogP contribution in [-0.4, -0.2) is 16.1 Å². The van der Waals surface area contributed by atoms with Crippen molar-refractivity contribution in [3.05, 3.63) is 45.4 Å². The minimum Gasteiger partial charge on any atom is -0.366 e. The van der Waals surface area contributed by atoms with Crippen LogP contribution in [0.1, 0.15) is 38.8 Å². The number of rotatable bonds is 3. The Balaban J connectivity index is 2.39. The zero-order valence-corrected chi connectivity index (χ0v) is 11.1. The van der Waals surface area contributed by atoms with Crippen molar-refractivity contribution in [2.45, 2.75) is 19.0 Å². The lowest BCUT2D eigenvalue weighted by molar-refractivity contribution is -0.138. The highest BCUT2D eigenvalue weighted by Gasteiger charge is 2.36. The highest BCUT2D eigenvalue weighted by Crippen LogP contribution is 2.35. The molecule has 1 aromatic carbocycles. The molecule has 1 atom stereocenters. The number of alkyl halides is 3. The summed E-state index contributed by atoms with van der Waals surface area (Å²) in [5.41, 5.74) is 6.05. The van der Waals surface area contributed by atoms with E-state index in [-0.39, 0.29) is 10.6 Å². The van der Waals surface area contributed by atoms with Gasteiger partial charge in [0.25, 0.3) is 0 Å². The predicted octanol–water partition coefficient (Wildman–Crippen LogP) is 2.81. The van der Waals surface area contributed by atoms with Crippen LogP contribution in [0, 0.1) is 0 Å². The number of hydrogen-bond donors (Lipinski definition) is 1. The molecule has 0 radical (unpaired) electrons. The summed E-state index contributed by atoms with van der Waals surface area (Å²) in [5.74, 6) is -1.12. The average Bonchev–Trinajstić information content (AvgIpc) is 2.87. The van der Waals surface area contributed by atoms with Gasteiger partial charge in [0.15, 0.2) is 0 Å². The van der Waals surface area contributed by atoms with Crippen LogP contribution in [0.3, 0.4) is 0 Å². The molecule has 20 heavy (non-hydrogen) atoms. The number of benzene rings is 1. The van der Waals surface area contributed by atoms with Crippen LogP contribution >= 0.6 is 11.3 Å². The van der Waals surface area contributed by atoms with E-state index in [4.69, 9.17) is 5.73 Å². The number of halogens is 3. The van der Waals surface area contributed by atoms with E-state index in [9.17, 15) is 18.0 Å². The Morgan fingerprint density at radius 3 is 2.50 bits per heavy atom. The van der Waals surface area contributed by atoms with Crippen LogP contribution in [-0.2, 0) is 6.18 Å². The van der Waals surface area contributed by atoms with Gasteiger partial charge in [0.2, 0.25) is 10.9 Å².